The number of nitrogens with zero attached hydrogens (tertiary/aromatic N) is 2. The Morgan fingerprint density at radius 1 is 0.413 bits per heavy atom. The van der Waals surface area contributed by atoms with Crippen LogP contribution in [0.3, 0.4) is 0 Å². The normalized spacial score (nSPS) is 21.1. The van der Waals surface area contributed by atoms with E-state index in [2.05, 4.69) is 0 Å². The van der Waals surface area contributed by atoms with E-state index < -0.39 is 31.6 Å². The number of sulfonamides is 2. The van der Waals surface area contributed by atoms with Gasteiger partial charge in [0.05, 0.1) is 89.1 Å². The Bertz CT molecular complexity index is 1470. The van der Waals surface area contributed by atoms with Gasteiger partial charge < -0.3 is 28.4 Å². The van der Waals surface area contributed by atoms with Crippen LogP contribution in [0.2, 0.25) is 0 Å². The number of hydrogen-bond donors (Lipinski definition) is 0. The minimum atomic E-state index is -4.12. The zero-order valence-corrected chi connectivity index (χ0v) is 27.0. The Balaban J connectivity index is 1.41. The summed E-state index contributed by atoms with van der Waals surface area (Å²) in [4.78, 5) is 26.9. The molecular formula is C30H38N2O12S2. The summed E-state index contributed by atoms with van der Waals surface area (Å²) in [6.45, 7) is 3.30. The average Bonchev–Trinajstić information content (AvgIpc) is 3.03. The Morgan fingerprint density at radius 3 is 1.02 bits per heavy atom. The van der Waals surface area contributed by atoms with Crippen LogP contribution in [-0.4, -0.2) is 142 Å². The summed E-state index contributed by atoms with van der Waals surface area (Å²) in [5.74, 6) is -1.16. The van der Waals surface area contributed by atoms with E-state index in [0.717, 1.165) is 0 Å². The smallest absolute Gasteiger partial charge is 0.243 e. The molecule has 0 aromatic heterocycles. The monoisotopic (exact) mass is 682 g/mol. The van der Waals surface area contributed by atoms with Gasteiger partial charge in [0, 0.05) is 48.4 Å². The van der Waals surface area contributed by atoms with Gasteiger partial charge in [-0.25, -0.2) is 16.8 Å². The molecule has 2 fully saturated rings. The third-order valence-corrected chi connectivity index (χ3v) is 11.5. The molecule has 5 rings (SSSR count). The zero-order valence-electron chi connectivity index (χ0n) is 25.4. The summed E-state index contributed by atoms with van der Waals surface area (Å²) in [6, 6.07) is 7.58. The van der Waals surface area contributed by atoms with Crippen LogP contribution in [0.4, 0.5) is 0 Å². The minimum Gasteiger partial charge on any atom is -0.378 e. The first-order chi connectivity index (χ1) is 22.2. The number of fused-ring (bicyclic) bond motifs is 2. The molecule has 3 aliphatic rings. The van der Waals surface area contributed by atoms with E-state index in [9.17, 15) is 26.4 Å². The quantitative estimate of drug-likeness (QED) is 0.377. The highest BCUT2D eigenvalue weighted by Gasteiger charge is 2.35. The third kappa shape index (κ3) is 8.07. The van der Waals surface area contributed by atoms with Crippen LogP contribution < -0.4 is 0 Å². The molecule has 0 radical (unpaired) electrons. The first kappa shape index (κ1) is 34.7. The fraction of sp³-hybridized carbons (Fsp3) is 0.533. The van der Waals surface area contributed by atoms with Gasteiger partial charge in [-0.15, -0.1) is 0 Å². The minimum absolute atomic E-state index is 0.0359. The van der Waals surface area contributed by atoms with Crippen LogP contribution in [0.5, 0.6) is 0 Å². The summed E-state index contributed by atoms with van der Waals surface area (Å²) in [7, 11) is -8.24. The summed E-state index contributed by atoms with van der Waals surface area (Å²) in [5, 5.41) is 0. The molecule has 46 heavy (non-hydrogen) atoms. The standard InChI is InChI=1S/C30H38N2O12S2/c33-29-25-3-1-23(45(35,36)31-5-9-39-13-17-43-18-14-40-10-6-31)21-27(25)30(34)28-22-24(2-4-26(28)29)46(37,38)32-7-11-41-15-19-44-20-16-42-12-8-32/h1-4,21-22H,5-20H2. The van der Waals surface area contributed by atoms with Gasteiger partial charge >= 0.3 is 0 Å². The predicted molar refractivity (Wildman–Crippen MR) is 162 cm³/mol. The number of hydrogen-bond acceptors (Lipinski definition) is 12. The van der Waals surface area contributed by atoms with E-state index in [1.54, 1.807) is 0 Å². The van der Waals surface area contributed by atoms with E-state index in [-0.39, 0.29) is 84.7 Å². The maximum Gasteiger partial charge on any atom is 0.243 e. The molecule has 2 aromatic carbocycles. The number of benzene rings is 2. The molecule has 0 saturated carbocycles. The van der Waals surface area contributed by atoms with Crippen molar-refractivity contribution in [2.75, 3.05) is 105 Å². The maximum absolute atomic E-state index is 13.8. The molecule has 2 aromatic rings. The Labute approximate surface area is 268 Å². The highest BCUT2D eigenvalue weighted by atomic mass is 32.2. The fourth-order valence-corrected chi connectivity index (χ4v) is 8.05. The van der Waals surface area contributed by atoms with Crippen molar-refractivity contribution in [2.24, 2.45) is 0 Å². The Kier molecular flexibility index (Phi) is 12.0. The highest BCUT2D eigenvalue weighted by molar-refractivity contribution is 7.89. The van der Waals surface area contributed by atoms with Crippen LogP contribution in [0, 0.1) is 0 Å². The van der Waals surface area contributed by atoms with Crippen molar-refractivity contribution >= 4 is 31.6 Å². The van der Waals surface area contributed by atoms with Crippen LogP contribution in [0.1, 0.15) is 31.8 Å². The van der Waals surface area contributed by atoms with Crippen molar-refractivity contribution < 1.29 is 54.8 Å². The van der Waals surface area contributed by atoms with Gasteiger partial charge in [-0.05, 0) is 36.4 Å². The van der Waals surface area contributed by atoms with Gasteiger partial charge in [0.2, 0.25) is 20.0 Å². The molecule has 0 atom stereocenters. The van der Waals surface area contributed by atoms with E-state index >= 15 is 0 Å². The number of carbonyl (C=O) groups is 2. The lowest BCUT2D eigenvalue weighted by atomic mass is 9.84. The number of rotatable bonds is 4. The molecule has 2 saturated heterocycles. The lowest BCUT2D eigenvalue weighted by Crippen LogP contribution is -2.38. The fourth-order valence-electron chi connectivity index (χ4n) is 5.18. The number of ketones is 2. The molecule has 0 N–H and O–H groups in total. The zero-order chi connectivity index (χ0) is 32.6. The lowest BCUT2D eigenvalue weighted by molar-refractivity contribution is 0.00270. The van der Waals surface area contributed by atoms with Crippen molar-refractivity contribution in [1.29, 1.82) is 0 Å². The second kappa shape index (κ2) is 16.0. The lowest BCUT2D eigenvalue weighted by Gasteiger charge is -2.25. The van der Waals surface area contributed by atoms with Crippen molar-refractivity contribution in [2.45, 2.75) is 9.79 Å². The molecule has 0 bridgehead atoms. The first-order valence-corrected chi connectivity index (χ1v) is 17.9. The van der Waals surface area contributed by atoms with Crippen LogP contribution >= 0.6 is 0 Å². The second-order valence-electron chi connectivity index (χ2n) is 10.6. The SMILES string of the molecule is O=C1c2ccc(S(=O)(=O)N3CCOCCOCCOCC3)cc2C(=O)c2cc(S(=O)(=O)N3CCOCCOCCOCC3)ccc21. The topological polar surface area (TPSA) is 164 Å². The van der Waals surface area contributed by atoms with Crippen LogP contribution in [-0.2, 0) is 48.5 Å². The van der Waals surface area contributed by atoms with Gasteiger partial charge in [0.25, 0.3) is 0 Å². The average molecular weight is 683 g/mol. The second-order valence-corrected chi connectivity index (χ2v) is 14.4. The molecule has 2 aliphatic heterocycles. The van der Waals surface area contributed by atoms with E-state index in [1.165, 1.54) is 45.0 Å². The summed E-state index contributed by atoms with van der Waals surface area (Å²) in [6.07, 6.45) is 0. The van der Waals surface area contributed by atoms with Crippen molar-refractivity contribution in [1.82, 2.24) is 8.61 Å². The number of ether oxygens (including phenoxy) is 6. The molecule has 0 amide bonds. The van der Waals surface area contributed by atoms with Gasteiger partial charge in [0.15, 0.2) is 11.6 Å². The first-order valence-electron chi connectivity index (χ1n) is 15.1. The van der Waals surface area contributed by atoms with Gasteiger partial charge in [-0.2, -0.15) is 8.61 Å². The van der Waals surface area contributed by atoms with Crippen molar-refractivity contribution in [3.05, 3.63) is 58.7 Å². The van der Waals surface area contributed by atoms with Crippen molar-refractivity contribution in [3.63, 3.8) is 0 Å². The van der Waals surface area contributed by atoms with Crippen LogP contribution in [0.15, 0.2) is 46.2 Å². The Morgan fingerprint density at radius 2 is 0.696 bits per heavy atom. The largest absolute Gasteiger partial charge is 0.378 e. The third-order valence-electron chi connectivity index (χ3n) is 7.66. The molecule has 0 spiro atoms. The molecule has 16 heteroatoms. The van der Waals surface area contributed by atoms with E-state index in [0.29, 0.717) is 52.9 Å². The van der Waals surface area contributed by atoms with E-state index in [1.807, 2.05) is 0 Å². The highest BCUT2D eigenvalue weighted by Crippen LogP contribution is 2.32. The van der Waals surface area contributed by atoms with Gasteiger partial charge in [-0.1, -0.05) is 0 Å². The van der Waals surface area contributed by atoms with Crippen molar-refractivity contribution in [3.8, 4) is 0 Å². The molecule has 252 valence electrons. The molecule has 0 unspecified atom stereocenters. The summed E-state index contributed by atoms with van der Waals surface area (Å²) in [5.41, 5.74) is -0.174. The van der Waals surface area contributed by atoms with Gasteiger partial charge in [-0.3, -0.25) is 9.59 Å². The molecule has 2 heterocycles. The maximum atomic E-state index is 13.8. The predicted octanol–water partition coefficient (Wildman–Crippen LogP) is 0.570. The Hall–Kier alpha value is -2.64. The number of carbonyl (C=O) groups excluding carboxylic acids is 2. The molecule has 1 aliphatic carbocycles. The molecule has 14 nitrogen and oxygen atoms in total. The van der Waals surface area contributed by atoms with E-state index in [4.69, 9.17) is 28.4 Å². The summed E-state index contributed by atoms with van der Waals surface area (Å²) < 4.78 is 90.0. The van der Waals surface area contributed by atoms with Crippen LogP contribution in [0.25, 0.3) is 0 Å². The van der Waals surface area contributed by atoms with Gasteiger partial charge in [0.1, 0.15) is 0 Å². The molecular weight excluding hydrogens is 644 g/mol. The summed E-state index contributed by atoms with van der Waals surface area (Å²) >= 11 is 0.